The highest BCUT2D eigenvalue weighted by molar-refractivity contribution is 5.95. The molecule has 0 saturated heterocycles. The molecule has 1 amide bonds. The molecule has 1 aromatic heterocycles. The summed E-state index contributed by atoms with van der Waals surface area (Å²) >= 11 is 0. The van der Waals surface area contributed by atoms with Crippen molar-refractivity contribution >= 4 is 5.91 Å². The molecule has 0 aliphatic heterocycles. The zero-order valence-electron chi connectivity index (χ0n) is 11.8. The van der Waals surface area contributed by atoms with Crippen LogP contribution in [0, 0.1) is 6.92 Å². The molecule has 1 aromatic rings. The molecule has 1 unspecified atom stereocenters. The van der Waals surface area contributed by atoms with Crippen LogP contribution in [0.4, 0.5) is 0 Å². The van der Waals surface area contributed by atoms with Crippen molar-refractivity contribution in [2.45, 2.75) is 39.3 Å². The Morgan fingerprint density at radius 3 is 3.00 bits per heavy atom. The van der Waals surface area contributed by atoms with Crippen LogP contribution < -0.4 is 5.32 Å². The first-order valence-corrected chi connectivity index (χ1v) is 6.57. The Labute approximate surface area is 113 Å². The van der Waals surface area contributed by atoms with Gasteiger partial charge in [-0.3, -0.25) is 9.48 Å². The molecule has 0 fully saturated rings. The van der Waals surface area contributed by atoms with Gasteiger partial charge in [0.2, 0.25) is 0 Å². The van der Waals surface area contributed by atoms with E-state index in [4.69, 9.17) is 4.74 Å². The third kappa shape index (κ3) is 4.65. The number of carbonyl (C=O) groups excluding carboxylic acids is 1. The molecular formula is C13H23N3O3. The van der Waals surface area contributed by atoms with Gasteiger partial charge in [-0.15, -0.1) is 0 Å². The van der Waals surface area contributed by atoms with Crippen LogP contribution in [0.3, 0.4) is 0 Å². The molecule has 108 valence electrons. The van der Waals surface area contributed by atoms with E-state index in [1.807, 2.05) is 11.6 Å². The zero-order valence-corrected chi connectivity index (χ0v) is 11.8. The van der Waals surface area contributed by atoms with E-state index in [9.17, 15) is 9.90 Å². The van der Waals surface area contributed by atoms with E-state index in [0.717, 1.165) is 25.1 Å². The largest absolute Gasteiger partial charge is 0.389 e. The van der Waals surface area contributed by atoms with Gasteiger partial charge in [-0.05, 0) is 13.3 Å². The predicted octanol–water partition coefficient (Wildman–Crippen LogP) is 0.729. The number of nitrogens with zero attached hydrogens (tertiary/aromatic N) is 2. The Morgan fingerprint density at radius 2 is 2.37 bits per heavy atom. The Hall–Kier alpha value is -1.40. The van der Waals surface area contributed by atoms with Crippen LogP contribution in [0.2, 0.25) is 0 Å². The van der Waals surface area contributed by atoms with E-state index in [2.05, 4.69) is 17.3 Å². The van der Waals surface area contributed by atoms with E-state index in [1.54, 1.807) is 6.20 Å². The van der Waals surface area contributed by atoms with E-state index < -0.39 is 6.10 Å². The van der Waals surface area contributed by atoms with E-state index >= 15 is 0 Å². The SMILES string of the molecule is CCCCn1ncc(C(=O)NCC(O)COC)c1C. The topological polar surface area (TPSA) is 76.4 Å². The van der Waals surface area contributed by atoms with Gasteiger partial charge in [0, 0.05) is 25.9 Å². The van der Waals surface area contributed by atoms with Crippen LogP contribution in [0.25, 0.3) is 0 Å². The van der Waals surface area contributed by atoms with Gasteiger partial charge in [0.25, 0.3) is 5.91 Å². The van der Waals surface area contributed by atoms with Crippen molar-refractivity contribution < 1.29 is 14.6 Å². The molecule has 0 spiro atoms. The highest BCUT2D eigenvalue weighted by atomic mass is 16.5. The highest BCUT2D eigenvalue weighted by Gasteiger charge is 2.14. The van der Waals surface area contributed by atoms with Crippen molar-refractivity contribution in [3.8, 4) is 0 Å². The lowest BCUT2D eigenvalue weighted by Crippen LogP contribution is -2.34. The van der Waals surface area contributed by atoms with Crippen LogP contribution in [-0.4, -0.2) is 47.2 Å². The Bertz CT molecular complexity index is 404. The number of aryl methyl sites for hydroxylation is 1. The van der Waals surface area contributed by atoms with Crippen molar-refractivity contribution in [3.05, 3.63) is 17.5 Å². The zero-order chi connectivity index (χ0) is 14.3. The number of aliphatic hydroxyl groups excluding tert-OH is 1. The summed E-state index contributed by atoms with van der Waals surface area (Å²) in [5.41, 5.74) is 1.41. The normalized spacial score (nSPS) is 12.4. The number of ether oxygens (including phenoxy) is 1. The summed E-state index contributed by atoms with van der Waals surface area (Å²) in [6.45, 7) is 5.19. The lowest BCUT2D eigenvalue weighted by molar-refractivity contribution is 0.0609. The van der Waals surface area contributed by atoms with Crippen LogP contribution in [0.15, 0.2) is 6.20 Å². The van der Waals surface area contributed by atoms with Gasteiger partial charge in [-0.25, -0.2) is 0 Å². The van der Waals surface area contributed by atoms with Gasteiger partial charge in [0.1, 0.15) is 0 Å². The highest BCUT2D eigenvalue weighted by Crippen LogP contribution is 2.08. The molecule has 0 radical (unpaired) electrons. The minimum atomic E-state index is -0.690. The van der Waals surface area contributed by atoms with Crippen molar-refractivity contribution in [3.63, 3.8) is 0 Å². The smallest absolute Gasteiger partial charge is 0.254 e. The fourth-order valence-corrected chi connectivity index (χ4v) is 1.76. The monoisotopic (exact) mass is 269 g/mol. The van der Waals surface area contributed by atoms with E-state index in [0.29, 0.717) is 5.56 Å². The van der Waals surface area contributed by atoms with Gasteiger partial charge in [-0.2, -0.15) is 5.10 Å². The number of nitrogens with one attached hydrogen (secondary N) is 1. The first-order chi connectivity index (χ1) is 9.10. The molecule has 0 aromatic carbocycles. The number of hydrogen-bond donors (Lipinski definition) is 2. The molecule has 0 aliphatic rings. The molecule has 1 atom stereocenters. The molecule has 0 bridgehead atoms. The number of rotatable bonds is 8. The second-order valence-corrected chi connectivity index (χ2v) is 4.54. The van der Waals surface area contributed by atoms with Crippen LogP contribution in [0.1, 0.15) is 35.8 Å². The van der Waals surface area contributed by atoms with Gasteiger partial charge < -0.3 is 15.2 Å². The van der Waals surface area contributed by atoms with Gasteiger partial charge in [0.05, 0.1) is 24.5 Å². The maximum Gasteiger partial charge on any atom is 0.254 e. The van der Waals surface area contributed by atoms with Gasteiger partial charge in [0.15, 0.2) is 0 Å². The van der Waals surface area contributed by atoms with Crippen molar-refractivity contribution in [2.75, 3.05) is 20.3 Å². The van der Waals surface area contributed by atoms with Crippen molar-refractivity contribution in [1.82, 2.24) is 15.1 Å². The average Bonchev–Trinajstić information content (AvgIpc) is 2.75. The number of unbranched alkanes of at least 4 members (excludes halogenated alkanes) is 1. The van der Waals surface area contributed by atoms with Gasteiger partial charge in [-0.1, -0.05) is 13.3 Å². The molecule has 0 aliphatic carbocycles. The van der Waals surface area contributed by atoms with Crippen LogP contribution >= 0.6 is 0 Å². The Kier molecular flexibility index (Phi) is 6.52. The van der Waals surface area contributed by atoms with E-state index in [1.165, 1.54) is 7.11 Å². The minimum Gasteiger partial charge on any atom is -0.389 e. The van der Waals surface area contributed by atoms with E-state index in [-0.39, 0.29) is 19.1 Å². The quantitative estimate of drug-likeness (QED) is 0.729. The summed E-state index contributed by atoms with van der Waals surface area (Å²) in [6, 6.07) is 0. The fraction of sp³-hybridized carbons (Fsp3) is 0.692. The lowest BCUT2D eigenvalue weighted by Gasteiger charge is -2.10. The van der Waals surface area contributed by atoms with Crippen molar-refractivity contribution in [2.24, 2.45) is 0 Å². The molecule has 6 heteroatoms. The standard InChI is InChI=1S/C13H23N3O3/c1-4-5-6-16-10(2)12(8-15-16)13(18)14-7-11(17)9-19-3/h8,11,17H,4-7,9H2,1-3H3,(H,14,18). The molecule has 0 saturated carbocycles. The number of amides is 1. The summed E-state index contributed by atoms with van der Waals surface area (Å²) in [6.07, 6.45) is 3.01. The number of carbonyl (C=O) groups is 1. The second kappa shape index (κ2) is 7.91. The summed E-state index contributed by atoms with van der Waals surface area (Å²) in [5.74, 6) is -0.213. The molecule has 1 heterocycles. The summed E-state index contributed by atoms with van der Waals surface area (Å²) in [4.78, 5) is 11.9. The third-order valence-electron chi connectivity index (χ3n) is 2.93. The van der Waals surface area contributed by atoms with Gasteiger partial charge >= 0.3 is 0 Å². The average molecular weight is 269 g/mol. The number of aliphatic hydroxyl groups is 1. The summed E-state index contributed by atoms with van der Waals surface area (Å²) < 4.78 is 6.63. The molecule has 2 N–H and O–H groups in total. The molecule has 6 nitrogen and oxygen atoms in total. The Morgan fingerprint density at radius 1 is 1.63 bits per heavy atom. The molecular weight excluding hydrogens is 246 g/mol. The van der Waals surface area contributed by atoms with Crippen LogP contribution in [-0.2, 0) is 11.3 Å². The number of aromatic nitrogens is 2. The van der Waals surface area contributed by atoms with Crippen molar-refractivity contribution in [1.29, 1.82) is 0 Å². The summed E-state index contributed by atoms with van der Waals surface area (Å²) in [7, 11) is 1.51. The maximum absolute atomic E-state index is 11.9. The third-order valence-corrected chi connectivity index (χ3v) is 2.93. The predicted molar refractivity (Wildman–Crippen MR) is 72.1 cm³/mol. The molecule has 1 rings (SSSR count). The van der Waals surface area contributed by atoms with Crippen LogP contribution in [0.5, 0.6) is 0 Å². The first kappa shape index (κ1) is 15.7. The lowest BCUT2D eigenvalue weighted by atomic mass is 10.2. The summed E-state index contributed by atoms with van der Waals surface area (Å²) in [5, 5.41) is 16.4. The number of methoxy groups -OCH3 is 1. The Balaban J connectivity index is 2.55. The maximum atomic E-state index is 11.9. The fourth-order valence-electron chi connectivity index (χ4n) is 1.76. The minimum absolute atomic E-state index is 0.173. The second-order valence-electron chi connectivity index (χ2n) is 4.54. The number of hydrogen-bond acceptors (Lipinski definition) is 4. The first-order valence-electron chi connectivity index (χ1n) is 6.57. The molecule has 19 heavy (non-hydrogen) atoms.